The summed E-state index contributed by atoms with van der Waals surface area (Å²) in [7, 11) is 0. The van der Waals surface area contributed by atoms with Gasteiger partial charge in [-0.25, -0.2) is 4.98 Å². The molecular formula is C24H19Cl2N5O3. The molecule has 2 aromatic heterocycles. The molecule has 5 rings (SSSR count). The molecule has 1 aliphatic rings. The van der Waals surface area contributed by atoms with Gasteiger partial charge in [0.05, 0.1) is 35.6 Å². The van der Waals surface area contributed by atoms with Crippen molar-refractivity contribution in [3.8, 4) is 23.3 Å². The van der Waals surface area contributed by atoms with E-state index < -0.39 is 0 Å². The minimum absolute atomic E-state index is 0.256. The molecule has 0 aliphatic carbocycles. The Hall–Kier alpha value is -3.51. The highest BCUT2D eigenvalue weighted by atomic mass is 35.5. The van der Waals surface area contributed by atoms with E-state index in [9.17, 15) is 0 Å². The van der Waals surface area contributed by atoms with Gasteiger partial charge in [0.25, 0.3) is 0 Å². The van der Waals surface area contributed by atoms with Crippen LogP contribution < -0.4 is 14.4 Å². The molecule has 8 nitrogen and oxygen atoms in total. The second-order valence-electron chi connectivity index (χ2n) is 7.61. The third-order valence-corrected chi connectivity index (χ3v) is 5.86. The summed E-state index contributed by atoms with van der Waals surface area (Å²) in [5, 5.41) is 18.2. The minimum atomic E-state index is 0.256. The highest BCUT2D eigenvalue weighted by Gasteiger charge is 2.15. The summed E-state index contributed by atoms with van der Waals surface area (Å²) in [6, 6.07) is 15.9. The zero-order valence-electron chi connectivity index (χ0n) is 17.9. The number of aromatic nitrogens is 3. The first-order chi connectivity index (χ1) is 16.6. The van der Waals surface area contributed by atoms with Crippen LogP contribution in [0.5, 0.6) is 17.2 Å². The van der Waals surface area contributed by atoms with Gasteiger partial charge in [-0.15, -0.1) is 0 Å². The van der Waals surface area contributed by atoms with E-state index in [0.29, 0.717) is 51.7 Å². The Kier molecular flexibility index (Phi) is 6.41. The Balaban J connectivity index is 1.30. The number of rotatable bonds is 6. The maximum atomic E-state index is 9.14. The molecule has 172 valence electrons. The van der Waals surface area contributed by atoms with Gasteiger partial charge in [-0.1, -0.05) is 23.2 Å². The number of H-pyrrole nitrogens is 1. The molecule has 4 aromatic rings. The molecule has 0 radical (unpaired) electrons. The van der Waals surface area contributed by atoms with Crippen molar-refractivity contribution < 1.29 is 14.2 Å². The average molecular weight is 496 g/mol. The van der Waals surface area contributed by atoms with Crippen LogP contribution in [0.25, 0.3) is 11.0 Å². The molecule has 1 N–H and O–H groups in total. The number of nitriles is 1. The summed E-state index contributed by atoms with van der Waals surface area (Å²) in [4.78, 5) is 6.85. The van der Waals surface area contributed by atoms with Crippen molar-refractivity contribution >= 4 is 40.1 Å². The van der Waals surface area contributed by atoms with Gasteiger partial charge in [-0.2, -0.15) is 10.4 Å². The number of halogens is 2. The number of aromatic amines is 1. The summed E-state index contributed by atoms with van der Waals surface area (Å²) in [6.45, 7) is 3.28. The molecule has 0 saturated carbocycles. The molecule has 0 unspecified atom stereocenters. The van der Waals surface area contributed by atoms with Gasteiger partial charge in [0.1, 0.15) is 29.7 Å². The van der Waals surface area contributed by atoms with E-state index in [4.69, 9.17) is 42.7 Å². The number of hydrogen-bond donors (Lipinski definition) is 1. The largest absolute Gasteiger partial charge is 0.487 e. The predicted octanol–water partition coefficient (Wildman–Crippen LogP) is 5.34. The van der Waals surface area contributed by atoms with Crippen molar-refractivity contribution in [2.24, 2.45) is 0 Å². The number of nitrogens with one attached hydrogen (secondary N) is 1. The van der Waals surface area contributed by atoms with Crippen molar-refractivity contribution in [2.75, 3.05) is 31.2 Å². The number of hydrogen-bond acceptors (Lipinski definition) is 7. The van der Waals surface area contributed by atoms with Crippen LogP contribution in [0.1, 0.15) is 11.3 Å². The van der Waals surface area contributed by atoms with Gasteiger partial charge >= 0.3 is 0 Å². The highest BCUT2D eigenvalue weighted by molar-refractivity contribution is 6.32. The van der Waals surface area contributed by atoms with E-state index in [1.807, 2.05) is 18.2 Å². The molecule has 0 spiro atoms. The standard InChI is InChI=1S/C24H19Cl2N5O3/c25-16-9-15(13-27)10-18(11-16)34-22-12-17(1-3-20(22)26)33-14-21-19-2-4-23(28-24(19)30-29-21)31-5-7-32-8-6-31/h1-4,9-12H,5-8,14H2,(H,28,29,30). The smallest absolute Gasteiger partial charge is 0.183 e. The fourth-order valence-corrected chi connectivity index (χ4v) is 4.02. The molecule has 0 atom stereocenters. The quantitative estimate of drug-likeness (QED) is 0.385. The average Bonchev–Trinajstić information content (AvgIpc) is 3.27. The summed E-state index contributed by atoms with van der Waals surface area (Å²) in [6.07, 6.45) is 0. The summed E-state index contributed by atoms with van der Waals surface area (Å²) >= 11 is 12.4. The lowest BCUT2D eigenvalue weighted by molar-refractivity contribution is 0.122. The van der Waals surface area contributed by atoms with Crippen molar-refractivity contribution in [1.29, 1.82) is 5.26 Å². The monoisotopic (exact) mass is 495 g/mol. The van der Waals surface area contributed by atoms with Crippen LogP contribution in [0, 0.1) is 11.3 Å². The van der Waals surface area contributed by atoms with Crippen LogP contribution in [0.4, 0.5) is 5.82 Å². The van der Waals surface area contributed by atoms with Crippen molar-refractivity contribution in [3.63, 3.8) is 0 Å². The maximum absolute atomic E-state index is 9.14. The van der Waals surface area contributed by atoms with Crippen molar-refractivity contribution in [2.45, 2.75) is 6.61 Å². The number of anilines is 1. The SMILES string of the molecule is N#Cc1cc(Cl)cc(Oc2cc(OCc3[nH]nc4nc(N5CCOCC5)ccc34)ccc2Cl)c1. The van der Waals surface area contributed by atoms with E-state index in [-0.39, 0.29) is 6.61 Å². The number of morpholine rings is 1. The molecular weight excluding hydrogens is 477 g/mol. The highest BCUT2D eigenvalue weighted by Crippen LogP contribution is 2.34. The second-order valence-corrected chi connectivity index (χ2v) is 8.46. The third-order valence-electron chi connectivity index (χ3n) is 5.33. The van der Waals surface area contributed by atoms with Gasteiger partial charge in [-0.05, 0) is 42.5 Å². The van der Waals surface area contributed by atoms with Gasteiger partial charge in [0.15, 0.2) is 5.65 Å². The Morgan fingerprint density at radius 2 is 1.91 bits per heavy atom. The Bertz CT molecular complexity index is 1380. The van der Waals surface area contributed by atoms with E-state index in [2.05, 4.69) is 20.1 Å². The first kappa shape index (κ1) is 22.3. The molecule has 0 amide bonds. The minimum Gasteiger partial charge on any atom is -0.487 e. The lowest BCUT2D eigenvalue weighted by Gasteiger charge is -2.27. The van der Waals surface area contributed by atoms with E-state index in [1.54, 1.807) is 36.4 Å². The van der Waals surface area contributed by atoms with Gasteiger partial charge in [-0.3, -0.25) is 5.10 Å². The van der Waals surface area contributed by atoms with Crippen molar-refractivity contribution in [3.05, 3.63) is 69.8 Å². The third kappa shape index (κ3) is 4.87. The van der Waals surface area contributed by atoms with Crippen LogP contribution in [-0.4, -0.2) is 41.5 Å². The Labute approximate surface area is 205 Å². The normalized spacial score (nSPS) is 13.6. The van der Waals surface area contributed by atoms with Gasteiger partial charge in [0.2, 0.25) is 0 Å². The first-order valence-electron chi connectivity index (χ1n) is 10.6. The fourth-order valence-electron chi connectivity index (χ4n) is 3.64. The zero-order valence-corrected chi connectivity index (χ0v) is 19.4. The summed E-state index contributed by atoms with van der Waals surface area (Å²) in [5.74, 6) is 2.24. The van der Waals surface area contributed by atoms with Crippen molar-refractivity contribution in [1.82, 2.24) is 15.2 Å². The Morgan fingerprint density at radius 1 is 1.06 bits per heavy atom. The van der Waals surface area contributed by atoms with Crippen LogP contribution in [0.15, 0.2) is 48.5 Å². The molecule has 1 aliphatic heterocycles. The van der Waals surface area contributed by atoms with Gasteiger partial charge in [0, 0.05) is 29.6 Å². The van der Waals surface area contributed by atoms with Crippen LogP contribution in [0.2, 0.25) is 10.0 Å². The van der Waals surface area contributed by atoms with E-state index in [0.717, 1.165) is 30.0 Å². The number of pyridine rings is 1. The molecule has 34 heavy (non-hydrogen) atoms. The molecule has 1 saturated heterocycles. The molecule has 2 aromatic carbocycles. The van der Waals surface area contributed by atoms with Crippen LogP contribution in [0.3, 0.4) is 0 Å². The molecule has 3 heterocycles. The number of benzene rings is 2. The molecule has 1 fully saturated rings. The van der Waals surface area contributed by atoms with Crippen LogP contribution >= 0.6 is 23.2 Å². The molecule has 0 bridgehead atoms. The van der Waals surface area contributed by atoms with Gasteiger partial charge < -0.3 is 19.1 Å². The number of ether oxygens (including phenoxy) is 3. The predicted molar refractivity (Wildman–Crippen MR) is 129 cm³/mol. The van der Waals surface area contributed by atoms with Crippen LogP contribution in [-0.2, 0) is 11.3 Å². The van der Waals surface area contributed by atoms with E-state index >= 15 is 0 Å². The Morgan fingerprint density at radius 3 is 2.74 bits per heavy atom. The number of fused-ring (bicyclic) bond motifs is 1. The summed E-state index contributed by atoms with van der Waals surface area (Å²) in [5.41, 5.74) is 1.83. The molecule has 10 heteroatoms. The zero-order chi connectivity index (χ0) is 23.5. The second kappa shape index (κ2) is 9.77. The number of nitrogens with zero attached hydrogens (tertiary/aromatic N) is 4. The summed E-state index contributed by atoms with van der Waals surface area (Å²) < 4.78 is 17.2. The lowest BCUT2D eigenvalue weighted by Crippen LogP contribution is -2.36. The topological polar surface area (TPSA) is 96.3 Å². The van der Waals surface area contributed by atoms with E-state index in [1.165, 1.54) is 0 Å². The first-order valence-corrected chi connectivity index (χ1v) is 11.3. The lowest BCUT2D eigenvalue weighted by atomic mass is 10.2. The fraction of sp³-hybridized carbons (Fsp3) is 0.208. The maximum Gasteiger partial charge on any atom is 0.183 e.